The van der Waals surface area contributed by atoms with Crippen molar-refractivity contribution in [2.75, 3.05) is 0 Å². The monoisotopic (exact) mass is 181 g/mol. The predicted molar refractivity (Wildman–Crippen MR) is 55.4 cm³/mol. The number of allylic oxidation sites excluding steroid dienone is 1. The normalized spacial score (nSPS) is 11.7. The molecule has 0 aromatic carbocycles. The highest BCUT2D eigenvalue weighted by Gasteiger charge is 2.01. The lowest BCUT2D eigenvalue weighted by Crippen LogP contribution is -1.92. The zero-order chi connectivity index (χ0) is 8.97. The topological polar surface area (TPSA) is 12.9 Å². The van der Waals surface area contributed by atoms with Crippen LogP contribution in [0.3, 0.4) is 0 Å². The maximum atomic E-state index is 4.47. The number of rotatable bonds is 3. The molecule has 0 unspecified atom stereocenters. The van der Waals surface area contributed by atoms with E-state index in [-0.39, 0.29) is 0 Å². The Morgan fingerprint density at radius 3 is 2.92 bits per heavy atom. The van der Waals surface area contributed by atoms with Crippen LogP contribution in [0.1, 0.15) is 31.5 Å². The smallest absolute Gasteiger partial charge is 0.0934 e. The van der Waals surface area contributed by atoms with E-state index in [9.17, 15) is 0 Å². The van der Waals surface area contributed by atoms with Crippen molar-refractivity contribution in [1.82, 2.24) is 4.98 Å². The average molecular weight is 181 g/mol. The predicted octanol–water partition coefficient (Wildman–Crippen LogP) is 3.37. The summed E-state index contributed by atoms with van der Waals surface area (Å²) >= 11 is 1.76. The Kier molecular flexibility index (Phi) is 3.48. The van der Waals surface area contributed by atoms with E-state index in [1.165, 1.54) is 5.01 Å². The van der Waals surface area contributed by atoms with Crippen LogP contribution >= 0.6 is 11.3 Å². The van der Waals surface area contributed by atoms with Crippen LogP contribution in [-0.4, -0.2) is 4.98 Å². The van der Waals surface area contributed by atoms with Crippen molar-refractivity contribution >= 4 is 17.4 Å². The van der Waals surface area contributed by atoms with E-state index in [2.05, 4.69) is 24.2 Å². The molecule has 1 aromatic rings. The Morgan fingerprint density at radius 1 is 1.58 bits per heavy atom. The SMILES string of the molecule is C/C=C\c1csc(CC(C)C)n1. The van der Waals surface area contributed by atoms with Crippen molar-refractivity contribution in [2.24, 2.45) is 5.92 Å². The van der Waals surface area contributed by atoms with Gasteiger partial charge in [-0.25, -0.2) is 4.98 Å². The quantitative estimate of drug-likeness (QED) is 0.696. The van der Waals surface area contributed by atoms with Gasteiger partial charge in [0.15, 0.2) is 0 Å². The lowest BCUT2D eigenvalue weighted by atomic mass is 10.1. The minimum absolute atomic E-state index is 0.703. The largest absolute Gasteiger partial charge is 0.242 e. The van der Waals surface area contributed by atoms with Gasteiger partial charge in [0.05, 0.1) is 10.7 Å². The molecule has 0 amide bonds. The van der Waals surface area contributed by atoms with Gasteiger partial charge < -0.3 is 0 Å². The number of hydrogen-bond donors (Lipinski definition) is 0. The second-order valence-corrected chi connectivity index (χ2v) is 4.21. The maximum absolute atomic E-state index is 4.47. The van der Waals surface area contributed by atoms with E-state index >= 15 is 0 Å². The van der Waals surface area contributed by atoms with Crippen LogP contribution in [0, 0.1) is 5.92 Å². The lowest BCUT2D eigenvalue weighted by molar-refractivity contribution is 0.644. The molecule has 0 N–H and O–H groups in total. The molecule has 0 bridgehead atoms. The second kappa shape index (κ2) is 4.41. The minimum atomic E-state index is 0.703. The molecule has 1 aromatic heterocycles. The van der Waals surface area contributed by atoms with Crippen LogP contribution in [0.15, 0.2) is 11.5 Å². The van der Waals surface area contributed by atoms with Gasteiger partial charge in [-0.2, -0.15) is 0 Å². The standard InChI is InChI=1S/C10H15NS/c1-4-5-9-7-12-10(11-9)6-8(2)3/h4-5,7-8H,6H2,1-3H3/b5-4-. The van der Waals surface area contributed by atoms with Gasteiger partial charge in [-0.15, -0.1) is 11.3 Å². The van der Waals surface area contributed by atoms with Crippen molar-refractivity contribution < 1.29 is 0 Å². The van der Waals surface area contributed by atoms with Gasteiger partial charge in [0.1, 0.15) is 0 Å². The summed E-state index contributed by atoms with van der Waals surface area (Å²) in [6, 6.07) is 0. The van der Waals surface area contributed by atoms with Crippen LogP contribution in [-0.2, 0) is 6.42 Å². The highest BCUT2D eigenvalue weighted by atomic mass is 32.1. The summed E-state index contributed by atoms with van der Waals surface area (Å²) in [4.78, 5) is 4.47. The Labute approximate surface area is 78.2 Å². The molecule has 1 heterocycles. The van der Waals surface area contributed by atoms with E-state index in [0.29, 0.717) is 5.92 Å². The summed E-state index contributed by atoms with van der Waals surface area (Å²) in [6.45, 7) is 6.45. The lowest BCUT2D eigenvalue weighted by Gasteiger charge is -1.97. The van der Waals surface area contributed by atoms with Gasteiger partial charge >= 0.3 is 0 Å². The Balaban J connectivity index is 2.64. The van der Waals surface area contributed by atoms with E-state index in [4.69, 9.17) is 0 Å². The number of nitrogens with zero attached hydrogens (tertiary/aromatic N) is 1. The zero-order valence-electron chi connectivity index (χ0n) is 7.87. The second-order valence-electron chi connectivity index (χ2n) is 3.26. The zero-order valence-corrected chi connectivity index (χ0v) is 8.69. The van der Waals surface area contributed by atoms with Gasteiger partial charge in [-0.3, -0.25) is 0 Å². The molecule has 66 valence electrons. The fourth-order valence-electron chi connectivity index (χ4n) is 1.02. The summed E-state index contributed by atoms with van der Waals surface area (Å²) in [5.41, 5.74) is 1.10. The Hall–Kier alpha value is -0.630. The van der Waals surface area contributed by atoms with Gasteiger partial charge in [-0.05, 0) is 18.9 Å². The third kappa shape index (κ3) is 2.78. The van der Waals surface area contributed by atoms with E-state index in [1.54, 1.807) is 11.3 Å². The first kappa shape index (κ1) is 9.46. The van der Waals surface area contributed by atoms with Crippen molar-refractivity contribution in [1.29, 1.82) is 0 Å². The number of thiazole rings is 1. The first-order valence-corrected chi connectivity index (χ1v) is 5.17. The van der Waals surface area contributed by atoms with Crippen LogP contribution in [0.25, 0.3) is 6.08 Å². The molecule has 1 rings (SSSR count). The summed E-state index contributed by atoms with van der Waals surface area (Å²) in [6.07, 6.45) is 5.16. The fraction of sp³-hybridized carbons (Fsp3) is 0.500. The molecule has 0 saturated heterocycles. The van der Waals surface area contributed by atoms with Crippen LogP contribution in [0.5, 0.6) is 0 Å². The molecule has 0 saturated carbocycles. The van der Waals surface area contributed by atoms with Crippen molar-refractivity contribution in [3.63, 3.8) is 0 Å². The molecule has 12 heavy (non-hydrogen) atoms. The number of aromatic nitrogens is 1. The molecule has 0 radical (unpaired) electrons. The summed E-state index contributed by atoms with van der Waals surface area (Å²) in [7, 11) is 0. The highest BCUT2D eigenvalue weighted by molar-refractivity contribution is 7.09. The summed E-state index contributed by atoms with van der Waals surface area (Å²) < 4.78 is 0. The third-order valence-corrected chi connectivity index (χ3v) is 2.38. The van der Waals surface area contributed by atoms with Crippen molar-refractivity contribution in [2.45, 2.75) is 27.2 Å². The van der Waals surface area contributed by atoms with E-state index in [1.807, 2.05) is 19.1 Å². The average Bonchev–Trinajstić information content (AvgIpc) is 2.36. The maximum Gasteiger partial charge on any atom is 0.0934 e. The first-order valence-electron chi connectivity index (χ1n) is 4.29. The Bertz CT molecular complexity index is 261. The minimum Gasteiger partial charge on any atom is -0.242 e. The highest BCUT2D eigenvalue weighted by Crippen LogP contribution is 2.14. The van der Waals surface area contributed by atoms with Crippen molar-refractivity contribution in [3.8, 4) is 0 Å². The molecule has 0 aliphatic heterocycles. The van der Waals surface area contributed by atoms with Gasteiger partial charge in [0.25, 0.3) is 0 Å². The molecule has 0 aliphatic rings. The molecule has 0 spiro atoms. The third-order valence-electron chi connectivity index (χ3n) is 1.49. The van der Waals surface area contributed by atoms with Crippen LogP contribution in [0.2, 0.25) is 0 Å². The molecular formula is C10H15NS. The molecule has 0 atom stereocenters. The summed E-state index contributed by atoms with van der Waals surface area (Å²) in [5, 5.41) is 3.36. The molecule has 2 heteroatoms. The Morgan fingerprint density at radius 2 is 2.33 bits per heavy atom. The van der Waals surface area contributed by atoms with Gasteiger partial charge in [0, 0.05) is 11.8 Å². The molecule has 0 fully saturated rings. The first-order chi connectivity index (χ1) is 5.72. The van der Waals surface area contributed by atoms with Gasteiger partial charge in [-0.1, -0.05) is 19.9 Å². The van der Waals surface area contributed by atoms with Crippen LogP contribution < -0.4 is 0 Å². The molecular weight excluding hydrogens is 166 g/mol. The fourth-order valence-corrected chi connectivity index (χ4v) is 1.99. The summed E-state index contributed by atoms with van der Waals surface area (Å²) in [5.74, 6) is 0.703. The number of hydrogen-bond acceptors (Lipinski definition) is 2. The molecule has 0 aliphatic carbocycles. The van der Waals surface area contributed by atoms with Crippen LogP contribution in [0.4, 0.5) is 0 Å². The van der Waals surface area contributed by atoms with Crippen molar-refractivity contribution in [3.05, 3.63) is 22.2 Å². The van der Waals surface area contributed by atoms with Gasteiger partial charge in [0.2, 0.25) is 0 Å². The van der Waals surface area contributed by atoms with E-state index < -0.39 is 0 Å². The molecule has 1 nitrogen and oxygen atoms in total. The van der Waals surface area contributed by atoms with E-state index in [0.717, 1.165) is 12.1 Å².